The van der Waals surface area contributed by atoms with Crippen LogP contribution in [0.4, 0.5) is 0 Å². The van der Waals surface area contributed by atoms with Crippen molar-refractivity contribution < 1.29 is 14.4 Å². The second-order valence-corrected chi connectivity index (χ2v) is 7.39. The van der Waals surface area contributed by atoms with E-state index >= 15 is 0 Å². The van der Waals surface area contributed by atoms with E-state index < -0.39 is 10.1 Å². The maximum atomic E-state index is 10.6. The van der Waals surface area contributed by atoms with E-state index in [1.807, 2.05) is 0 Å². The predicted molar refractivity (Wildman–Crippen MR) is 92.0 cm³/mol. The van der Waals surface area contributed by atoms with Crippen molar-refractivity contribution in [3.05, 3.63) is 0 Å². The third kappa shape index (κ3) is 11.1. The van der Waals surface area contributed by atoms with Crippen LogP contribution < -0.4 is 0 Å². The Morgan fingerprint density at radius 2 is 1.00 bits per heavy atom. The van der Waals surface area contributed by atoms with Crippen LogP contribution in [0.3, 0.4) is 0 Å². The number of carbonyl (C=O) groups is 3. The summed E-state index contributed by atoms with van der Waals surface area (Å²) in [7, 11) is 0. The molecule has 0 bridgehead atoms. The molecular formula is C14H19Cl5O3. The zero-order valence-electron chi connectivity index (χ0n) is 12.0. The van der Waals surface area contributed by atoms with Gasteiger partial charge in [-0.3, -0.25) is 14.4 Å². The highest BCUT2D eigenvalue weighted by Gasteiger charge is 2.22. The van der Waals surface area contributed by atoms with Crippen LogP contribution in [-0.4, -0.2) is 20.6 Å². The maximum Gasteiger partial charge on any atom is 0.254 e. The molecule has 0 amide bonds. The Hall–Kier alpha value is 0.460. The lowest BCUT2D eigenvalue weighted by Crippen LogP contribution is -2.16. The van der Waals surface area contributed by atoms with E-state index in [0.29, 0.717) is 0 Å². The maximum absolute atomic E-state index is 10.6. The number of carbonyl (C=O) groups excluding carboxylic acids is 3. The number of alkyl halides is 2. The molecule has 0 unspecified atom stereocenters. The smallest absolute Gasteiger partial charge is 0.254 e. The number of rotatable bonds is 3. The van der Waals surface area contributed by atoms with Crippen LogP contribution in [0.1, 0.15) is 51.4 Å². The summed E-state index contributed by atoms with van der Waals surface area (Å²) < 4.78 is 0. The molecule has 0 spiro atoms. The third-order valence-electron chi connectivity index (χ3n) is 3.52. The van der Waals surface area contributed by atoms with Gasteiger partial charge >= 0.3 is 0 Å². The van der Waals surface area contributed by atoms with Crippen molar-refractivity contribution in [3.8, 4) is 0 Å². The van der Waals surface area contributed by atoms with Crippen molar-refractivity contribution in [1.82, 2.24) is 0 Å². The first-order valence-corrected chi connectivity index (χ1v) is 9.12. The zero-order chi connectivity index (χ0) is 17.1. The van der Waals surface area contributed by atoms with Gasteiger partial charge in [0.2, 0.25) is 10.5 Å². The summed E-state index contributed by atoms with van der Waals surface area (Å²) in [6.07, 6.45) is 8.89. The highest BCUT2D eigenvalue weighted by atomic mass is 35.5. The predicted octanol–water partition coefficient (Wildman–Crippen LogP) is 5.44. The van der Waals surface area contributed by atoms with Gasteiger partial charge in [0.25, 0.3) is 5.24 Å². The molecule has 0 atom stereocenters. The Bertz CT molecular complexity index is 363. The summed E-state index contributed by atoms with van der Waals surface area (Å²) in [4.78, 5) is 29.3. The second-order valence-electron chi connectivity index (χ2n) is 5.18. The van der Waals surface area contributed by atoms with Gasteiger partial charge in [-0.05, 0) is 60.5 Å². The van der Waals surface area contributed by atoms with E-state index in [-0.39, 0.29) is 22.3 Å². The lowest BCUT2D eigenvalue weighted by atomic mass is 9.87. The summed E-state index contributed by atoms with van der Waals surface area (Å²) in [5, 5.41) is -1.01. The monoisotopic (exact) mass is 410 g/mol. The van der Waals surface area contributed by atoms with Gasteiger partial charge in [-0.1, -0.05) is 48.9 Å². The molecule has 2 fully saturated rings. The lowest BCUT2D eigenvalue weighted by molar-refractivity contribution is -0.117. The topological polar surface area (TPSA) is 51.2 Å². The molecule has 0 aromatic rings. The van der Waals surface area contributed by atoms with Crippen molar-refractivity contribution in [2.24, 2.45) is 11.8 Å². The highest BCUT2D eigenvalue weighted by molar-refractivity contribution is 6.75. The van der Waals surface area contributed by atoms with Crippen molar-refractivity contribution in [2.45, 2.75) is 56.2 Å². The van der Waals surface area contributed by atoms with Gasteiger partial charge in [-0.2, -0.15) is 0 Å². The van der Waals surface area contributed by atoms with Crippen LogP contribution >= 0.6 is 58.0 Å². The van der Waals surface area contributed by atoms with Crippen molar-refractivity contribution in [3.63, 3.8) is 0 Å². The molecule has 2 aliphatic rings. The van der Waals surface area contributed by atoms with Gasteiger partial charge in [0.1, 0.15) is 0 Å². The van der Waals surface area contributed by atoms with Crippen LogP contribution in [0, 0.1) is 11.8 Å². The molecule has 0 N–H and O–H groups in total. The van der Waals surface area contributed by atoms with Crippen LogP contribution in [-0.2, 0) is 14.4 Å². The summed E-state index contributed by atoms with van der Waals surface area (Å²) in [5.41, 5.74) is 0. The minimum Gasteiger partial charge on any atom is -0.281 e. The van der Waals surface area contributed by atoms with Gasteiger partial charge in [0.05, 0.1) is 0 Å². The summed E-state index contributed by atoms with van der Waals surface area (Å²) in [6.45, 7) is 0. The van der Waals surface area contributed by atoms with Crippen molar-refractivity contribution in [1.29, 1.82) is 0 Å². The molecule has 2 saturated carbocycles. The molecule has 2 rings (SSSR count). The van der Waals surface area contributed by atoms with Crippen molar-refractivity contribution >= 4 is 73.7 Å². The fraction of sp³-hybridized carbons (Fsp3) is 0.786. The summed E-state index contributed by atoms with van der Waals surface area (Å²) in [5.74, 6) is 0.391. The average molecular weight is 413 g/mol. The first kappa shape index (κ1) is 22.5. The first-order valence-electron chi connectivity index (χ1n) is 7.11. The standard InChI is InChI=1S/C7H11ClO.C5H7ClO.C2HCl3O/c8-7(9)6-4-2-1-3-5-6;6-5(7)4-2-1-3-4;3-1(4)2(5)6/h6H,1-5H2;4H,1-3H2;1H. The third-order valence-corrected chi connectivity index (χ3v) is 4.98. The highest BCUT2D eigenvalue weighted by Crippen LogP contribution is 2.28. The van der Waals surface area contributed by atoms with Crippen LogP contribution in [0.15, 0.2) is 0 Å². The Morgan fingerprint density at radius 1 is 0.682 bits per heavy atom. The second kappa shape index (κ2) is 12.8. The molecule has 0 aromatic carbocycles. The van der Waals surface area contributed by atoms with Crippen LogP contribution in [0.5, 0.6) is 0 Å². The molecule has 2 aliphatic carbocycles. The fourth-order valence-corrected chi connectivity index (χ4v) is 2.40. The van der Waals surface area contributed by atoms with E-state index in [4.69, 9.17) is 58.0 Å². The van der Waals surface area contributed by atoms with E-state index in [9.17, 15) is 14.4 Å². The Kier molecular flexibility index (Phi) is 13.1. The van der Waals surface area contributed by atoms with E-state index in [2.05, 4.69) is 0 Å². The number of hydrogen-bond donors (Lipinski definition) is 0. The average Bonchev–Trinajstić information content (AvgIpc) is 2.38. The van der Waals surface area contributed by atoms with Gasteiger partial charge in [0, 0.05) is 11.8 Å². The Balaban J connectivity index is 0.000000309. The van der Waals surface area contributed by atoms with E-state index in [0.717, 1.165) is 25.7 Å². The fourth-order valence-electron chi connectivity index (χ4n) is 1.96. The Morgan fingerprint density at radius 3 is 1.14 bits per heavy atom. The molecule has 0 radical (unpaired) electrons. The van der Waals surface area contributed by atoms with Crippen LogP contribution in [0.2, 0.25) is 0 Å². The minimum atomic E-state index is -1.08. The first-order chi connectivity index (χ1) is 10.3. The molecule has 128 valence electrons. The molecule has 0 saturated heterocycles. The van der Waals surface area contributed by atoms with Crippen molar-refractivity contribution in [2.75, 3.05) is 0 Å². The van der Waals surface area contributed by atoms with Crippen LogP contribution in [0.25, 0.3) is 0 Å². The zero-order valence-corrected chi connectivity index (χ0v) is 15.8. The minimum absolute atomic E-state index is 0.130. The Labute approximate surface area is 155 Å². The quantitative estimate of drug-likeness (QED) is 0.458. The molecule has 0 aliphatic heterocycles. The number of hydrogen-bond acceptors (Lipinski definition) is 3. The molecule has 0 heterocycles. The van der Waals surface area contributed by atoms with Gasteiger partial charge in [0.15, 0.2) is 4.84 Å². The molecule has 3 nitrogen and oxygen atoms in total. The van der Waals surface area contributed by atoms with Gasteiger partial charge in [-0.15, -0.1) is 0 Å². The largest absolute Gasteiger partial charge is 0.281 e. The van der Waals surface area contributed by atoms with Gasteiger partial charge in [-0.25, -0.2) is 0 Å². The molecular weight excluding hydrogens is 393 g/mol. The van der Waals surface area contributed by atoms with Gasteiger partial charge < -0.3 is 0 Å². The number of halogens is 5. The molecule has 22 heavy (non-hydrogen) atoms. The summed E-state index contributed by atoms with van der Waals surface area (Å²) in [6, 6.07) is 0. The lowest BCUT2D eigenvalue weighted by Gasteiger charge is -2.19. The SMILES string of the molecule is O=C(Cl)C(Cl)Cl.O=C(Cl)C1CCC1.O=C(Cl)C1CCCCC1. The summed E-state index contributed by atoms with van der Waals surface area (Å²) >= 11 is 25.0. The molecule has 8 heteroatoms. The normalized spacial score (nSPS) is 18.3. The van der Waals surface area contributed by atoms with E-state index in [1.54, 1.807) is 0 Å². The van der Waals surface area contributed by atoms with E-state index in [1.165, 1.54) is 25.7 Å². The molecule has 0 aromatic heterocycles.